The Balaban J connectivity index is 2.15. The van der Waals surface area contributed by atoms with Gasteiger partial charge in [-0.3, -0.25) is 4.79 Å². The molecule has 3 aromatic rings. The van der Waals surface area contributed by atoms with Crippen LogP contribution in [0.5, 0.6) is 0 Å². The second-order valence-electron chi connectivity index (χ2n) is 4.35. The Hall–Kier alpha value is -0.850. The zero-order chi connectivity index (χ0) is 14.3. The Kier molecular flexibility index (Phi) is 3.88. The molecule has 1 heterocycles. The van der Waals surface area contributed by atoms with Crippen molar-refractivity contribution in [2.45, 2.75) is 0 Å². The SMILES string of the molecule is O=C(c1cc(I)ccc1Br)c1c[nH]c2cc(Cl)ccc12. The molecule has 0 aliphatic heterocycles. The lowest BCUT2D eigenvalue weighted by atomic mass is 10.0. The van der Waals surface area contributed by atoms with Crippen LogP contribution < -0.4 is 0 Å². The van der Waals surface area contributed by atoms with Gasteiger partial charge in [0.05, 0.1) is 0 Å². The molecule has 0 unspecified atom stereocenters. The van der Waals surface area contributed by atoms with E-state index < -0.39 is 0 Å². The average Bonchev–Trinajstić information content (AvgIpc) is 2.83. The van der Waals surface area contributed by atoms with Crippen molar-refractivity contribution in [2.75, 3.05) is 0 Å². The number of nitrogens with one attached hydrogen (secondary N) is 1. The minimum Gasteiger partial charge on any atom is -0.360 e. The molecule has 100 valence electrons. The summed E-state index contributed by atoms with van der Waals surface area (Å²) in [5.41, 5.74) is 2.18. The van der Waals surface area contributed by atoms with E-state index in [0.29, 0.717) is 16.1 Å². The van der Waals surface area contributed by atoms with Crippen molar-refractivity contribution in [3.8, 4) is 0 Å². The van der Waals surface area contributed by atoms with Crippen molar-refractivity contribution in [1.29, 1.82) is 0 Å². The summed E-state index contributed by atoms with van der Waals surface area (Å²) < 4.78 is 1.82. The van der Waals surface area contributed by atoms with E-state index in [1.807, 2.05) is 30.3 Å². The van der Waals surface area contributed by atoms with Gasteiger partial charge in [-0.1, -0.05) is 33.6 Å². The number of carbonyl (C=O) groups excluding carboxylic acids is 1. The molecule has 5 heteroatoms. The van der Waals surface area contributed by atoms with Crippen molar-refractivity contribution in [1.82, 2.24) is 4.98 Å². The minimum absolute atomic E-state index is 0.0102. The first-order valence-corrected chi connectivity index (χ1v) is 8.07. The molecule has 0 fully saturated rings. The van der Waals surface area contributed by atoms with Gasteiger partial charge in [-0.05, 0) is 52.9 Å². The van der Waals surface area contributed by atoms with Crippen LogP contribution in [-0.2, 0) is 0 Å². The lowest BCUT2D eigenvalue weighted by molar-refractivity contribution is 0.103. The molecule has 0 radical (unpaired) electrons. The highest BCUT2D eigenvalue weighted by atomic mass is 127. The third-order valence-corrected chi connectivity index (χ3v) is 4.66. The summed E-state index contributed by atoms with van der Waals surface area (Å²) in [6.45, 7) is 0. The Morgan fingerprint density at radius 1 is 1.15 bits per heavy atom. The number of hydrogen-bond acceptors (Lipinski definition) is 1. The largest absolute Gasteiger partial charge is 0.360 e. The fraction of sp³-hybridized carbons (Fsp3) is 0. The van der Waals surface area contributed by atoms with Crippen LogP contribution >= 0.6 is 50.1 Å². The van der Waals surface area contributed by atoms with Gasteiger partial charge < -0.3 is 4.98 Å². The third kappa shape index (κ3) is 2.52. The maximum Gasteiger partial charge on any atom is 0.196 e. The molecule has 20 heavy (non-hydrogen) atoms. The van der Waals surface area contributed by atoms with Gasteiger partial charge in [0.1, 0.15) is 0 Å². The van der Waals surface area contributed by atoms with Crippen LogP contribution in [0.15, 0.2) is 47.1 Å². The first-order chi connectivity index (χ1) is 9.56. The molecule has 0 atom stereocenters. The predicted octanol–water partition coefficient (Wildman–Crippen LogP) is 5.42. The normalized spacial score (nSPS) is 10.9. The lowest BCUT2D eigenvalue weighted by Gasteiger charge is -2.04. The lowest BCUT2D eigenvalue weighted by Crippen LogP contribution is -2.02. The van der Waals surface area contributed by atoms with E-state index in [1.54, 1.807) is 12.3 Å². The van der Waals surface area contributed by atoms with E-state index in [4.69, 9.17) is 11.6 Å². The number of rotatable bonds is 2. The highest BCUT2D eigenvalue weighted by molar-refractivity contribution is 14.1. The maximum absolute atomic E-state index is 12.7. The van der Waals surface area contributed by atoms with E-state index in [1.165, 1.54) is 0 Å². The van der Waals surface area contributed by atoms with Gasteiger partial charge in [0.15, 0.2) is 5.78 Å². The molecule has 3 rings (SSSR count). The number of aromatic nitrogens is 1. The van der Waals surface area contributed by atoms with E-state index in [-0.39, 0.29) is 5.78 Å². The van der Waals surface area contributed by atoms with Crippen LogP contribution in [0, 0.1) is 3.57 Å². The van der Waals surface area contributed by atoms with Crippen molar-refractivity contribution in [3.05, 3.63) is 66.8 Å². The summed E-state index contributed by atoms with van der Waals surface area (Å²) in [7, 11) is 0. The van der Waals surface area contributed by atoms with Gasteiger partial charge in [-0.15, -0.1) is 0 Å². The topological polar surface area (TPSA) is 32.9 Å². The fourth-order valence-electron chi connectivity index (χ4n) is 2.10. The third-order valence-electron chi connectivity index (χ3n) is 3.06. The fourth-order valence-corrected chi connectivity index (χ4v) is 3.19. The minimum atomic E-state index is -0.0102. The van der Waals surface area contributed by atoms with Gasteiger partial charge in [0, 0.05) is 41.3 Å². The summed E-state index contributed by atoms with van der Waals surface area (Å²) >= 11 is 11.6. The van der Waals surface area contributed by atoms with E-state index in [9.17, 15) is 4.79 Å². The second kappa shape index (κ2) is 5.50. The van der Waals surface area contributed by atoms with E-state index >= 15 is 0 Å². The standard InChI is InChI=1S/C15H8BrClINO/c16-13-4-2-9(18)6-11(13)15(20)12-7-19-14-5-8(17)1-3-10(12)14/h1-7,19H. The van der Waals surface area contributed by atoms with Gasteiger partial charge in [0.25, 0.3) is 0 Å². The van der Waals surface area contributed by atoms with Crippen molar-refractivity contribution in [3.63, 3.8) is 0 Å². The summed E-state index contributed by atoms with van der Waals surface area (Å²) in [5.74, 6) is -0.0102. The maximum atomic E-state index is 12.7. The molecule has 2 aromatic carbocycles. The Morgan fingerprint density at radius 3 is 2.75 bits per heavy atom. The zero-order valence-electron chi connectivity index (χ0n) is 10.1. The summed E-state index contributed by atoms with van der Waals surface area (Å²) in [4.78, 5) is 15.8. The second-order valence-corrected chi connectivity index (χ2v) is 6.88. The van der Waals surface area contributed by atoms with Crippen molar-refractivity contribution < 1.29 is 4.79 Å². The molecule has 1 aromatic heterocycles. The number of benzene rings is 2. The smallest absolute Gasteiger partial charge is 0.196 e. The molecule has 0 aliphatic rings. The summed E-state index contributed by atoms with van der Waals surface area (Å²) in [6, 6.07) is 11.2. The van der Waals surface area contributed by atoms with Crippen molar-refractivity contribution >= 4 is 66.8 Å². The van der Waals surface area contributed by atoms with Crippen molar-refractivity contribution in [2.24, 2.45) is 0 Å². The highest BCUT2D eigenvalue weighted by Gasteiger charge is 2.17. The van der Waals surface area contributed by atoms with Crippen LogP contribution in [0.2, 0.25) is 5.02 Å². The molecule has 2 nitrogen and oxygen atoms in total. The number of H-pyrrole nitrogens is 1. The monoisotopic (exact) mass is 459 g/mol. The highest BCUT2D eigenvalue weighted by Crippen LogP contribution is 2.27. The number of aromatic amines is 1. The van der Waals surface area contributed by atoms with Crippen LogP contribution in [0.3, 0.4) is 0 Å². The Labute approximate surface area is 142 Å². The Bertz CT molecular complexity index is 828. The van der Waals surface area contributed by atoms with Crippen LogP contribution in [0.4, 0.5) is 0 Å². The molecule has 0 aliphatic carbocycles. The van der Waals surface area contributed by atoms with Crippen LogP contribution in [-0.4, -0.2) is 10.8 Å². The van der Waals surface area contributed by atoms with Gasteiger partial charge >= 0.3 is 0 Å². The number of hydrogen-bond donors (Lipinski definition) is 1. The molecule has 0 spiro atoms. The zero-order valence-corrected chi connectivity index (χ0v) is 14.6. The average molecular weight is 460 g/mol. The van der Waals surface area contributed by atoms with E-state index in [2.05, 4.69) is 43.5 Å². The number of fused-ring (bicyclic) bond motifs is 1. The predicted molar refractivity (Wildman–Crippen MR) is 93.6 cm³/mol. The molecular weight excluding hydrogens is 452 g/mol. The van der Waals surface area contributed by atoms with Crippen LogP contribution in [0.1, 0.15) is 15.9 Å². The molecule has 1 N–H and O–H groups in total. The van der Waals surface area contributed by atoms with Crippen LogP contribution in [0.25, 0.3) is 10.9 Å². The number of halogens is 3. The first-order valence-electron chi connectivity index (χ1n) is 5.82. The number of ketones is 1. The molecule has 0 amide bonds. The molecular formula is C15H8BrClINO. The first kappa shape index (κ1) is 14.1. The molecule has 0 bridgehead atoms. The van der Waals surface area contributed by atoms with Gasteiger partial charge in [-0.25, -0.2) is 0 Å². The van der Waals surface area contributed by atoms with Gasteiger partial charge in [-0.2, -0.15) is 0 Å². The van der Waals surface area contributed by atoms with E-state index in [0.717, 1.165) is 18.9 Å². The summed E-state index contributed by atoms with van der Waals surface area (Å²) in [6.07, 6.45) is 1.73. The summed E-state index contributed by atoms with van der Waals surface area (Å²) in [5, 5.41) is 1.53. The quantitative estimate of drug-likeness (QED) is 0.402. The van der Waals surface area contributed by atoms with Gasteiger partial charge in [0.2, 0.25) is 0 Å². The number of carbonyl (C=O) groups is 1. The molecule has 0 saturated carbocycles. The Morgan fingerprint density at radius 2 is 1.95 bits per heavy atom. The molecule has 0 saturated heterocycles.